The third kappa shape index (κ3) is 9.48. The summed E-state index contributed by atoms with van der Waals surface area (Å²) in [4.78, 5) is 0. The quantitative estimate of drug-likeness (QED) is 0.0690. The van der Waals surface area contributed by atoms with Gasteiger partial charge in [0.2, 0.25) is 0 Å². The van der Waals surface area contributed by atoms with Crippen molar-refractivity contribution in [3.05, 3.63) is 0 Å². The molecule has 4 fully saturated rings. The summed E-state index contributed by atoms with van der Waals surface area (Å²) < 4.78 is 51.8. The van der Waals surface area contributed by atoms with Gasteiger partial charge in [-0.2, -0.15) is 0 Å². The maximum Gasteiger partial charge on any atom is 0.187 e. The van der Waals surface area contributed by atoms with Gasteiger partial charge in [0, 0.05) is 26.1 Å². The number of hydrogen-bond acceptors (Lipinski definition) is 21. The van der Waals surface area contributed by atoms with E-state index < -0.39 is 153 Å². The molecule has 324 valence electrons. The minimum absolute atomic E-state index is 0.118. The number of rotatable bonds is 16. The first-order chi connectivity index (χ1) is 25.7. The zero-order valence-corrected chi connectivity index (χ0v) is 31.9. The predicted molar refractivity (Wildman–Crippen MR) is 181 cm³/mol. The average molecular weight is 807 g/mol. The lowest BCUT2D eigenvalue weighted by Crippen LogP contribution is -2.67. The van der Waals surface area contributed by atoms with Gasteiger partial charge in [-0.1, -0.05) is 0 Å². The lowest BCUT2D eigenvalue weighted by molar-refractivity contribution is -0.351. The van der Waals surface area contributed by atoms with E-state index >= 15 is 0 Å². The van der Waals surface area contributed by atoms with Crippen LogP contribution in [0.1, 0.15) is 27.7 Å². The molecule has 20 atom stereocenters. The first-order valence-corrected chi connectivity index (χ1v) is 18.2. The standard InChI is InChI=1S/C34H62O21/c1-31(11-35)27(45)23(41)25(43)29(54-31)50-13-33(3)15(7-47-5)19(37)22(40)18(53-33)10-49-8-16-20(38)21(39)17(9-48-6)52-34(16,4)14-51-30-26(44)24(42)28(46)32(2,12-36)55-30/h15-30,35-46H,7-14H2,1-6H3. The number of hydrogen-bond donors (Lipinski definition) is 12. The number of aliphatic hydroxyl groups is 12. The van der Waals surface area contributed by atoms with Gasteiger partial charge in [0.1, 0.15) is 72.2 Å². The van der Waals surface area contributed by atoms with Crippen molar-refractivity contribution in [1.29, 1.82) is 0 Å². The summed E-state index contributed by atoms with van der Waals surface area (Å²) in [7, 11) is 2.74. The van der Waals surface area contributed by atoms with Gasteiger partial charge in [0.05, 0.1) is 76.3 Å². The summed E-state index contributed by atoms with van der Waals surface area (Å²) in [5, 5.41) is 127. The summed E-state index contributed by atoms with van der Waals surface area (Å²) in [6, 6.07) is 0. The normalized spacial score (nSPS) is 50.9. The van der Waals surface area contributed by atoms with Gasteiger partial charge in [0.15, 0.2) is 12.6 Å². The van der Waals surface area contributed by atoms with Crippen LogP contribution in [-0.2, 0) is 42.6 Å². The molecule has 4 aliphatic heterocycles. The molecule has 0 aliphatic carbocycles. The SMILES string of the molecule is COCC1OC(C)(COC2OC(C)(CO)C(O)C(O)C2O)C(COCC2OC(C)(COC3OC(C)(CO)C(O)C(O)C3O)C(COC)C(O)C2O)C(O)C1O. The second-order valence-electron chi connectivity index (χ2n) is 15.9. The smallest absolute Gasteiger partial charge is 0.187 e. The van der Waals surface area contributed by atoms with E-state index in [9.17, 15) is 61.3 Å². The lowest BCUT2D eigenvalue weighted by Gasteiger charge is -2.51. The monoisotopic (exact) mass is 806 g/mol. The Balaban J connectivity index is 1.49. The maximum atomic E-state index is 11.3. The Hall–Kier alpha value is -0.840. The molecule has 0 saturated carbocycles. The third-order valence-corrected chi connectivity index (χ3v) is 11.6. The van der Waals surface area contributed by atoms with Gasteiger partial charge >= 0.3 is 0 Å². The van der Waals surface area contributed by atoms with Crippen LogP contribution in [0.5, 0.6) is 0 Å². The molecule has 0 amide bonds. The highest BCUT2D eigenvalue weighted by Crippen LogP contribution is 2.40. The molecule has 4 rings (SSSR count). The van der Waals surface area contributed by atoms with Crippen molar-refractivity contribution in [3.63, 3.8) is 0 Å². The molecule has 4 aliphatic rings. The summed E-state index contributed by atoms with van der Waals surface area (Å²) >= 11 is 0. The van der Waals surface area contributed by atoms with Crippen molar-refractivity contribution in [2.24, 2.45) is 11.8 Å². The molecule has 21 nitrogen and oxygen atoms in total. The zero-order chi connectivity index (χ0) is 41.3. The van der Waals surface area contributed by atoms with Crippen molar-refractivity contribution < 1.29 is 104 Å². The maximum absolute atomic E-state index is 11.3. The molecule has 0 radical (unpaired) electrons. The fourth-order valence-electron chi connectivity index (χ4n) is 7.65. The second-order valence-corrected chi connectivity index (χ2v) is 15.9. The molecule has 0 spiro atoms. The van der Waals surface area contributed by atoms with E-state index in [1.54, 1.807) is 6.92 Å². The Morgan fingerprint density at radius 2 is 0.818 bits per heavy atom. The van der Waals surface area contributed by atoms with Gasteiger partial charge in [-0.05, 0) is 27.7 Å². The van der Waals surface area contributed by atoms with Crippen LogP contribution >= 0.6 is 0 Å². The molecule has 0 aromatic heterocycles. The molecule has 4 heterocycles. The molecule has 0 aromatic rings. The summed E-state index contributed by atoms with van der Waals surface area (Å²) in [6.07, 6.45) is -21.7. The topological polar surface area (TPSA) is 326 Å². The third-order valence-electron chi connectivity index (χ3n) is 11.6. The van der Waals surface area contributed by atoms with E-state index in [1.165, 1.54) is 35.0 Å². The van der Waals surface area contributed by atoms with E-state index in [0.29, 0.717) is 0 Å². The summed E-state index contributed by atoms with van der Waals surface area (Å²) in [5.74, 6) is -2.00. The highest BCUT2D eigenvalue weighted by Gasteiger charge is 2.57. The predicted octanol–water partition coefficient (Wildman–Crippen LogP) is -6.30. The minimum Gasteiger partial charge on any atom is -0.393 e. The molecular formula is C34H62O21. The Bertz CT molecular complexity index is 1210. The number of ether oxygens (including phenoxy) is 9. The number of methoxy groups -OCH3 is 2. The van der Waals surface area contributed by atoms with E-state index in [2.05, 4.69) is 0 Å². The van der Waals surface area contributed by atoms with Crippen LogP contribution in [-0.4, -0.2) is 237 Å². The van der Waals surface area contributed by atoms with Crippen molar-refractivity contribution in [1.82, 2.24) is 0 Å². The minimum atomic E-state index is -1.75. The molecule has 20 unspecified atom stereocenters. The van der Waals surface area contributed by atoms with Crippen molar-refractivity contribution in [3.8, 4) is 0 Å². The Morgan fingerprint density at radius 3 is 1.20 bits per heavy atom. The molecule has 0 bridgehead atoms. The van der Waals surface area contributed by atoms with Crippen LogP contribution in [0.3, 0.4) is 0 Å². The Kier molecular flexibility index (Phi) is 15.8. The van der Waals surface area contributed by atoms with Crippen LogP contribution in [0.2, 0.25) is 0 Å². The molecule has 21 heteroatoms. The highest BCUT2D eigenvalue weighted by atomic mass is 16.7. The lowest BCUT2D eigenvalue weighted by atomic mass is 9.78. The van der Waals surface area contributed by atoms with Gasteiger partial charge in [0.25, 0.3) is 0 Å². The summed E-state index contributed by atoms with van der Waals surface area (Å²) in [5.41, 5.74) is -6.37. The van der Waals surface area contributed by atoms with Gasteiger partial charge in [-0.15, -0.1) is 0 Å². The molecular weight excluding hydrogens is 744 g/mol. The number of aliphatic hydroxyl groups excluding tert-OH is 12. The van der Waals surface area contributed by atoms with Crippen LogP contribution in [0, 0.1) is 11.8 Å². The fraction of sp³-hybridized carbons (Fsp3) is 1.00. The van der Waals surface area contributed by atoms with Crippen molar-refractivity contribution in [2.75, 3.05) is 67.1 Å². The van der Waals surface area contributed by atoms with Gasteiger partial charge in [-0.25, -0.2) is 0 Å². The molecule has 4 saturated heterocycles. The van der Waals surface area contributed by atoms with Crippen LogP contribution in [0.25, 0.3) is 0 Å². The molecule has 55 heavy (non-hydrogen) atoms. The van der Waals surface area contributed by atoms with E-state index in [1.807, 2.05) is 0 Å². The highest BCUT2D eigenvalue weighted by molar-refractivity contribution is 5.03. The van der Waals surface area contributed by atoms with E-state index in [0.717, 1.165) is 0 Å². The van der Waals surface area contributed by atoms with Crippen LogP contribution < -0.4 is 0 Å². The zero-order valence-electron chi connectivity index (χ0n) is 31.9. The largest absolute Gasteiger partial charge is 0.393 e. The Labute approximate surface area is 318 Å². The second kappa shape index (κ2) is 18.6. The summed E-state index contributed by atoms with van der Waals surface area (Å²) in [6.45, 7) is 2.40. The van der Waals surface area contributed by atoms with E-state index in [4.69, 9.17) is 42.6 Å². The van der Waals surface area contributed by atoms with Gasteiger partial charge in [-0.3, -0.25) is 0 Å². The van der Waals surface area contributed by atoms with E-state index in [-0.39, 0.29) is 19.8 Å². The Morgan fingerprint density at radius 1 is 0.436 bits per heavy atom. The average Bonchev–Trinajstić information content (AvgIpc) is 3.16. The van der Waals surface area contributed by atoms with Crippen molar-refractivity contribution in [2.45, 2.75) is 136 Å². The molecule has 12 N–H and O–H groups in total. The van der Waals surface area contributed by atoms with Gasteiger partial charge < -0.3 is 104 Å². The fourth-order valence-corrected chi connectivity index (χ4v) is 7.65. The first-order valence-electron chi connectivity index (χ1n) is 18.2. The van der Waals surface area contributed by atoms with Crippen LogP contribution in [0.4, 0.5) is 0 Å². The van der Waals surface area contributed by atoms with Crippen molar-refractivity contribution >= 4 is 0 Å². The molecule has 0 aromatic carbocycles. The first kappa shape index (κ1) is 46.8. The van der Waals surface area contributed by atoms with Crippen LogP contribution in [0.15, 0.2) is 0 Å².